The molecule has 0 bridgehead atoms. The highest BCUT2D eigenvalue weighted by atomic mass is 32.2. The van der Waals surface area contributed by atoms with E-state index in [1.165, 1.54) is 11.8 Å². The summed E-state index contributed by atoms with van der Waals surface area (Å²) in [7, 11) is -2.01. The van der Waals surface area contributed by atoms with E-state index in [0.717, 1.165) is 5.56 Å². The van der Waals surface area contributed by atoms with Crippen LogP contribution in [0, 0.1) is 0 Å². The molecule has 1 aromatic carbocycles. The van der Waals surface area contributed by atoms with Gasteiger partial charge in [-0.05, 0) is 69.4 Å². The van der Waals surface area contributed by atoms with Gasteiger partial charge in [-0.25, -0.2) is 4.79 Å². The summed E-state index contributed by atoms with van der Waals surface area (Å²) in [5.74, 6) is 0. The molecule has 0 saturated carbocycles. The molecule has 1 amide bonds. The molecule has 2 rings (SSSR count). The summed E-state index contributed by atoms with van der Waals surface area (Å²) in [5.41, 5.74) is 0.396. The Hall–Kier alpha value is -1.09. The van der Waals surface area contributed by atoms with Crippen molar-refractivity contribution in [1.82, 2.24) is 4.90 Å². The number of rotatable bonds is 5. The fourth-order valence-corrected chi connectivity index (χ4v) is 5.15. The Balaban J connectivity index is 2.40. The topological polar surface area (TPSA) is 48.0 Å². The Labute approximate surface area is 204 Å². The summed E-state index contributed by atoms with van der Waals surface area (Å²) in [6.45, 7) is 17.3. The van der Waals surface area contributed by atoms with Gasteiger partial charge in [0.2, 0.25) is 4.38 Å². The Morgan fingerprint density at radius 3 is 2.25 bits per heavy atom. The van der Waals surface area contributed by atoms with Crippen molar-refractivity contribution in [3.8, 4) is 0 Å². The van der Waals surface area contributed by atoms with E-state index in [1.54, 1.807) is 4.90 Å². The smallest absolute Gasteiger partial charge is 0.410 e. The van der Waals surface area contributed by atoms with E-state index in [-0.39, 0.29) is 23.3 Å². The van der Waals surface area contributed by atoms with E-state index in [2.05, 4.69) is 33.9 Å². The Morgan fingerprint density at radius 1 is 1.16 bits per heavy atom. The zero-order valence-corrected chi connectivity index (χ0v) is 23.6. The second-order valence-electron chi connectivity index (χ2n) is 10.8. The first-order valence-corrected chi connectivity index (χ1v) is 15.7. The van der Waals surface area contributed by atoms with Crippen molar-refractivity contribution in [1.29, 1.82) is 0 Å². The lowest BCUT2D eigenvalue weighted by molar-refractivity contribution is 0.00760. The monoisotopic (exact) mass is 497 g/mol. The number of nitrogens with zero attached hydrogens (tertiary/aromatic N) is 1. The van der Waals surface area contributed by atoms with Gasteiger partial charge >= 0.3 is 6.09 Å². The number of ether oxygens (including phenoxy) is 2. The molecule has 32 heavy (non-hydrogen) atoms. The minimum Gasteiger partial charge on any atom is -0.468 e. The third kappa shape index (κ3) is 7.20. The van der Waals surface area contributed by atoms with Crippen LogP contribution in [0.15, 0.2) is 30.3 Å². The van der Waals surface area contributed by atoms with Gasteiger partial charge < -0.3 is 13.9 Å². The van der Waals surface area contributed by atoms with Gasteiger partial charge in [-0.15, -0.1) is 0 Å². The maximum atomic E-state index is 13.2. The second-order valence-corrected chi connectivity index (χ2v) is 17.0. The van der Waals surface area contributed by atoms with Gasteiger partial charge in [-0.1, -0.05) is 62.9 Å². The fraction of sp³-hybridized carbons (Fsp3) is 0.667. The van der Waals surface area contributed by atoms with Crippen molar-refractivity contribution in [3.05, 3.63) is 35.9 Å². The lowest BCUT2D eigenvalue weighted by Gasteiger charge is -2.38. The summed E-state index contributed by atoms with van der Waals surface area (Å²) in [6.07, 6.45) is 1.75. The molecule has 180 valence electrons. The molecule has 1 unspecified atom stereocenters. The van der Waals surface area contributed by atoms with E-state index in [4.69, 9.17) is 26.1 Å². The molecule has 0 aromatic heterocycles. The van der Waals surface area contributed by atoms with Crippen LogP contribution in [0.1, 0.15) is 59.6 Å². The minimum absolute atomic E-state index is 0.0777. The van der Waals surface area contributed by atoms with Crippen LogP contribution in [0.2, 0.25) is 18.1 Å². The third-order valence-electron chi connectivity index (χ3n) is 6.07. The van der Waals surface area contributed by atoms with Crippen LogP contribution in [0.5, 0.6) is 0 Å². The number of hydrogen-bond acceptors (Lipinski definition) is 6. The molecule has 1 saturated heterocycles. The van der Waals surface area contributed by atoms with E-state index < -0.39 is 20.0 Å². The van der Waals surface area contributed by atoms with E-state index in [9.17, 15) is 4.79 Å². The second kappa shape index (κ2) is 10.4. The van der Waals surface area contributed by atoms with Crippen LogP contribution in [0.3, 0.4) is 0 Å². The van der Waals surface area contributed by atoms with Crippen molar-refractivity contribution in [2.24, 2.45) is 0 Å². The lowest BCUT2D eigenvalue weighted by atomic mass is 10.00. The Morgan fingerprint density at radius 2 is 1.75 bits per heavy atom. The van der Waals surface area contributed by atoms with E-state index >= 15 is 0 Å². The number of carbonyl (C=O) groups excluding carboxylic acids is 1. The van der Waals surface area contributed by atoms with Gasteiger partial charge in [0, 0.05) is 6.54 Å². The van der Waals surface area contributed by atoms with Crippen molar-refractivity contribution < 1.29 is 18.7 Å². The van der Waals surface area contributed by atoms with Gasteiger partial charge in [0.05, 0.1) is 12.1 Å². The van der Waals surface area contributed by atoms with Gasteiger partial charge in [-0.2, -0.15) is 0 Å². The fourth-order valence-electron chi connectivity index (χ4n) is 3.49. The number of thiocarbonyl (C=S) groups is 1. The van der Waals surface area contributed by atoms with E-state index in [0.29, 0.717) is 17.3 Å². The highest BCUT2D eigenvalue weighted by molar-refractivity contribution is 8.22. The summed E-state index contributed by atoms with van der Waals surface area (Å²) in [6, 6.07) is 9.71. The predicted octanol–water partition coefficient (Wildman–Crippen LogP) is 6.79. The van der Waals surface area contributed by atoms with E-state index in [1.807, 2.05) is 57.4 Å². The Bertz CT molecular complexity index is 789. The molecule has 0 spiro atoms. The molecule has 0 aliphatic carbocycles. The number of hydrogen-bond donors (Lipinski definition) is 0. The quantitative estimate of drug-likeness (QED) is 0.330. The van der Waals surface area contributed by atoms with Crippen molar-refractivity contribution >= 4 is 42.8 Å². The van der Waals surface area contributed by atoms with Crippen molar-refractivity contribution in [3.63, 3.8) is 0 Å². The standard InChI is InChI=1S/C24H39NO4S2Si/c1-23(2,3)28-21(26)25-16-18(29-32(8,9)24(4,5)6)15-19(25)20(27-22(30)31-7)17-13-11-10-12-14-17/h10-14,18-20H,15-16H2,1-9H3/t18-,19+,20?/m1/s1. The first-order valence-electron chi connectivity index (χ1n) is 11.1. The normalized spacial score (nSPS) is 20.7. The molecule has 1 heterocycles. The van der Waals surface area contributed by atoms with Gasteiger partial charge in [0.25, 0.3) is 0 Å². The SMILES string of the molecule is CSC(=S)OC(c1ccccc1)[C@@H]1C[C@@H](O[Si](C)(C)C(C)(C)C)CN1C(=O)OC(C)(C)C. The van der Waals surface area contributed by atoms with Crippen LogP contribution in [-0.4, -0.2) is 54.2 Å². The zero-order valence-electron chi connectivity index (χ0n) is 20.9. The zero-order chi connectivity index (χ0) is 24.3. The van der Waals surface area contributed by atoms with Crippen LogP contribution < -0.4 is 0 Å². The average Bonchev–Trinajstić information content (AvgIpc) is 3.07. The summed E-state index contributed by atoms with van der Waals surface area (Å²) >= 11 is 6.80. The van der Waals surface area contributed by atoms with Gasteiger partial charge in [0.15, 0.2) is 8.32 Å². The molecule has 1 aliphatic rings. The van der Waals surface area contributed by atoms with Crippen molar-refractivity contribution in [2.75, 3.05) is 12.8 Å². The largest absolute Gasteiger partial charge is 0.468 e. The van der Waals surface area contributed by atoms with Crippen LogP contribution in [-0.2, 0) is 13.9 Å². The molecular weight excluding hydrogens is 458 g/mol. The molecule has 1 fully saturated rings. The first kappa shape index (κ1) is 27.2. The number of likely N-dealkylation sites (tertiary alicyclic amines) is 1. The highest BCUT2D eigenvalue weighted by Crippen LogP contribution is 2.41. The maximum absolute atomic E-state index is 13.2. The van der Waals surface area contributed by atoms with Crippen LogP contribution in [0.25, 0.3) is 0 Å². The molecule has 0 radical (unpaired) electrons. The maximum Gasteiger partial charge on any atom is 0.410 e. The number of carbonyl (C=O) groups is 1. The summed E-state index contributed by atoms with van der Waals surface area (Å²) in [4.78, 5) is 15.0. The summed E-state index contributed by atoms with van der Waals surface area (Å²) < 4.78 is 19.2. The third-order valence-corrected chi connectivity index (χ3v) is 11.6. The lowest BCUT2D eigenvalue weighted by Crippen LogP contribution is -2.45. The Kier molecular flexibility index (Phi) is 8.87. The minimum atomic E-state index is -2.01. The molecule has 5 nitrogen and oxygen atoms in total. The molecule has 1 aromatic rings. The average molecular weight is 498 g/mol. The number of benzene rings is 1. The highest BCUT2D eigenvalue weighted by Gasteiger charge is 2.47. The van der Waals surface area contributed by atoms with Crippen LogP contribution in [0.4, 0.5) is 4.79 Å². The first-order chi connectivity index (χ1) is 14.6. The van der Waals surface area contributed by atoms with Gasteiger partial charge in [-0.3, -0.25) is 4.90 Å². The summed E-state index contributed by atoms with van der Waals surface area (Å²) in [5, 5.41) is 0.0809. The molecule has 0 N–H and O–H groups in total. The van der Waals surface area contributed by atoms with Crippen molar-refractivity contribution in [2.45, 2.75) is 89.9 Å². The molecule has 3 atom stereocenters. The number of amides is 1. The van der Waals surface area contributed by atoms with Crippen LogP contribution >= 0.6 is 24.0 Å². The molecule has 8 heteroatoms. The van der Waals surface area contributed by atoms with Gasteiger partial charge in [0.1, 0.15) is 11.7 Å². The molecular formula is C24H39NO4S2Si. The predicted molar refractivity (Wildman–Crippen MR) is 140 cm³/mol. The molecule has 1 aliphatic heterocycles. The number of thioether (sulfide) groups is 1.